The first-order valence-corrected chi connectivity index (χ1v) is 9.22. The van der Waals surface area contributed by atoms with Crippen LogP contribution in [0.2, 0.25) is 0 Å². The van der Waals surface area contributed by atoms with E-state index in [1.807, 2.05) is 29.8 Å². The second kappa shape index (κ2) is 7.54. The van der Waals surface area contributed by atoms with Crippen LogP contribution in [0, 0.1) is 0 Å². The summed E-state index contributed by atoms with van der Waals surface area (Å²) in [5.41, 5.74) is 2.79. The molecule has 0 spiro atoms. The molecule has 0 aliphatic carbocycles. The van der Waals surface area contributed by atoms with Crippen LogP contribution in [-0.2, 0) is 11.3 Å². The SMILES string of the molecule is COc1ccc2[nH]cc(-c3csc(NC(=O)CCCn4cnnn4)n3)c2c1. The van der Waals surface area contributed by atoms with Crippen molar-refractivity contribution >= 4 is 33.3 Å². The molecule has 0 radical (unpaired) electrons. The number of aryl methyl sites for hydroxylation is 1. The van der Waals surface area contributed by atoms with Crippen LogP contribution in [0.5, 0.6) is 5.75 Å². The van der Waals surface area contributed by atoms with Crippen LogP contribution in [0.15, 0.2) is 36.1 Å². The largest absolute Gasteiger partial charge is 0.497 e. The van der Waals surface area contributed by atoms with Gasteiger partial charge in [0.1, 0.15) is 12.1 Å². The Balaban J connectivity index is 1.42. The summed E-state index contributed by atoms with van der Waals surface area (Å²) in [7, 11) is 1.64. The van der Waals surface area contributed by atoms with Crippen LogP contribution in [0.25, 0.3) is 22.2 Å². The van der Waals surface area contributed by atoms with Gasteiger partial charge in [0.05, 0.1) is 12.8 Å². The van der Waals surface area contributed by atoms with Crippen LogP contribution in [0.1, 0.15) is 12.8 Å². The predicted octanol–water partition coefficient (Wildman–Crippen LogP) is 2.71. The molecule has 0 bridgehead atoms. The van der Waals surface area contributed by atoms with E-state index in [1.54, 1.807) is 11.8 Å². The maximum absolute atomic E-state index is 12.1. The highest BCUT2D eigenvalue weighted by Crippen LogP contribution is 2.33. The zero-order valence-electron chi connectivity index (χ0n) is 14.5. The van der Waals surface area contributed by atoms with Crippen LogP contribution in [0.3, 0.4) is 0 Å². The van der Waals surface area contributed by atoms with Crippen molar-refractivity contribution in [3.8, 4) is 17.0 Å². The minimum absolute atomic E-state index is 0.0791. The van der Waals surface area contributed by atoms with E-state index in [4.69, 9.17) is 4.74 Å². The number of nitrogens with zero attached hydrogens (tertiary/aromatic N) is 5. The van der Waals surface area contributed by atoms with E-state index in [0.717, 1.165) is 27.9 Å². The topological polar surface area (TPSA) is 111 Å². The molecule has 10 heteroatoms. The Morgan fingerprint density at radius 2 is 2.33 bits per heavy atom. The number of amides is 1. The fraction of sp³-hybridized carbons (Fsp3) is 0.235. The molecule has 0 aliphatic heterocycles. The first-order chi connectivity index (χ1) is 13.2. The monoisotopic (exact) mass is 383 g/mol. The maximum atomic E-state index is 12.1. The summed E-state index contributed by atoms with van der Waals surface area (Å²) in [4.78, 5) is 19.9. The van der Waals surface area contributed by atoms with Crippen molar-refractivity contribution in [2.24, 2.45) is 0 Å². The van der Waals surface area contributed by atoms with E-state index >= 15 is 0 Å². The number of carbonyl (C=O) groups excluding carboxylic acids is 1. The standard InChI is InChI=1S/C17H17N7O2S/c1-26-11-4-5-14-12(7-11)13(8-18-14)15-9-27-17(20-15)21-16(25)3-2-6-24-10-19-22-23-24/h4-5,7-10,18H,2-3,6H2,1H3,(H,20,21,25). The highest BCUT2D eigenvalue weighted by Gasteiger charge is 2.12. The van der Waals surface area contributed by atoms with Gasteiger partial charge in [0.15, 0.2) is 5.13 Å². The number of rotatable bonds is 7. The van der Waals surface area contributed by atoms with Crippen molar-refractivity contribution in [3.63, 3.8) is 0 Å². The molecule has 0 fully saturated rings. The van der Waals surface area contributed by atoms with Gasteiger partial charge in [-0.15, -0.1) is 16.4 Å². The molecule has 1 aromatic carbocycles. The number of hydrogen-bond acceptors (Lipinski definition) is 7. The zero-order chi connectivity index (χ0) is 18.6. The van der Waals surface area contributed by atoms with Gasteiger partial charge in [-0.05, 0) is 35.0 Å². The number of hydrogen-bond donors (Lipinski definition) is 2. The van der Waals surface area contributed by atoms with Gasteiger partial charge in [0.25, 0.3) is 0 Å². The molecular weight excluding hydrogens is 366 g/mol. The Labute approximate surface area is 158 Å². The minimum Gasteiger partial charge on any atom is -0.497 e. The van der Waals surface area contributed by atoms with Crippen molar-refractivity contribution in [1.29, 1.82) is 0 Å². The van der Waals surface area contributed by atoms with E-state index in [-0.39, 0.29) is 5.91 Å². The number of aromatic amines is 1. The number of tetrazole rings is 1. The Hall–Kier alpha value is -3.27. The van der Waals surface area contributed by atoms with Gasteiger partial charge in [0, 0.05) is 41.0 Å². The number of carbonyl (C=O) groups is 1. The van der Waals surface area contributed by atoms with Gasteiger partial charge in [-0.2, -0.15) is 0 Å². The first-order valence-electron chi connectivity index (χ1n) is 8.34. The van der Waals surface area contributed by atoms with E-state index in [0.29, 0.717) is 24.5 Å². The maximum Gasteiger partial charge on any atom is 0.226 e. The number of thiazole rings is 1. The molecule has 3 heterocycles. The second-order valence-electron chi connectivity index (χ2n) is 5.88. The zero-order valence-corrected chi connectivity index (χ0v) is 15.4. The first kappa shape index (κ1) is 17.2. The molecule has 4 aromatic rings. The molecule has 2 N–H and O–H groups in total. The molecule has 3 aromatic heterocycles. The summed E-state index contributed by atoms with van der Waals surface area (Å²) < 4.78 is 6.90. The summed E-state index contributed by atoms with van der Waals surface area (Å²) >= 11 is 1.40. The van der Waals surface area contributed by atoms with Crippen molar-refractivity contribution in [1.82, 2.24) is 30.2 Å². The third-order valence-corrected chi connectivity index (χ3v) is 4.86. The molecule has 0 aliphatic rings. The van der Waals surface area contributed by atoms with Gasteiger partial charge >= 0.3 is 0 Å². The molecule has 0 atom stereocenters. The number of benzene rings is 1. The normalized spacial score (nSPS) is 11.0. The van der Waals surface area contributed by atoms with Crippen LogP contribution < -0.4 is 10.1 Å². The smallest absolute Gasteiger partial charge is 0.226 e. The molecule has 1 amide bonds. The Morgan fingerprint density at radius 3 is 3.15 bits per heavy atom. The molecule has 138 valence electrons. The van der Waals surface area contributed by atoms with E-state index in [2.05, 4.69) is 30.8 Å². The van der Waals surface area contributed by atoms with Gasteiger partial charge < -0.3 is 15.0 Å². The number of aromatic nitrogens is 6. The fourth-order valence-corrected chi connectivity index (χ4v) is 3.49. The second-order valence-corrected chi connectivity index (χ2v) is 6.73. The number of H-pyrrole nitrogens is 1. The van der Waals surface area contributed by atoms with Crippen LogP contribution >= 0.6 is 11.3 Å². The Bertz CT molecular complexity index is 1050. The van der Waals surface area contributed by atoms with Crippen LogP contribution in [0.4, 0.5) is 5.13 Å². The fourth-order valence-electron chi connectivity index (χ4n) is 2.76. The van der Waals surface area contributed by atoms with E-state index < -0.39 is 0 Å². The quantitative estimate of drug-likeness (QED) is 0.508. The molecule has 4 rings (SSSR count). The number of ether oxygens (including phenoxy) is 1. The van der Waals surface area contributed by atoms with Crippen molar-refractivity contribution in [2.45, 2.75) is 19.4 Å². The molecule has 9 nitrogen and oxygen atoms in total. The number of anilines is 1. The summed E-state index contributed by atoms with van der Waals surface area (Å²) in [6.45, 7) is 0.598. The third kappa shape index (κ3) is 3.80. The van der Waals surface area contributed by atoms with Gasteiger partial charge in [-0.25, -0.2) is 9.67 Å². The molecule has 0 unspecified atom stereocenters. The Morgan fingerprint density at radius 1 is 1.41 bits per heavy atom. The van der Waals surface area contributed by atoms with Gasteiger partial charge in [-0.1, -0.05) is 0 Å². The predicted molar refractivity (Wildman–Crippen MR) is 102 cm³/mol. The summed E-state index contributed by atoms with van der Waals surface area (Å²) in [6, 6.07) is 5.85. The van der Waals surface area contributed by atoms with Crippen molar-refractivity contribution in [2.75, 3.05) is 12.4 Å². The average Bonchev–Trinajstić information content (AvgIpc) is 3.41. The number of methoxy groups -OCH3 is 1. The van der Waals surface area contributed by atoms with Gasteiger partial charge in [0.2, 0.25) is 5.91 Å². The summed E-state index contributed by atoms with van der Waals surface area (Å²) in [5, 5.41) is 17.3. The lowest BCUT2D eigenvalue weighted by molar-refractivity contribution is -0.116. The van der Waals surface area contributed by atoms with Gasteiger partial charge in [-0.3, -0.25) is 4.79 Å². The highest BCUT2D eigenvalue weighted by atomic mass is 32.1. The minimum atomic E-state index is -0.0791. The van der Waals surface area contributed by atoms with E-state index in [1.165, 1.54) is 17.7 Å². The molecule has 27 heavy (non-hydrogen) atoms. The van der Waals surface area contributed by atoms with Crippen molar-refractivity contribution in [3.05, 3.63) is 36.1 Å². The lowest BCUT2D eigenvalue weighted by Gasteiger charge is -2.02. The lowest BCUT2D eigenvalue weighted by atomic mass is 10.1. The molecule has 0 saturated heterocycles. The molecular formula is C17H17N7O2S. The number of nitrogens with one attached hydrogen (secondary N) is 2. The van der Waals surface area contributed by atoms with Crippen LogP contribution in [-0.4, -0.2) is 43.2 Å². The van der Waals surface area contributed by atoms with E-state index in [9.17, 15) is 4.79 Å². The summed E-state index contributed by atoms with van der Waals surface area (Å²) in [5.74, 6) is 0.708. The highest BCUT2D eigenvalue weighted by molar-refractivity contribution is 7.14. The summed E-state index contributed by atoms with van der Waals surface area (Å²) in [6.07, 6.45) is 4.47. The lowest BCUT2D eigenvalue weighted by Crippen LogP contribution is -2.12. The van der Waals surface area contributed by atoms with Crippen molar-refractivity contribution < 1.29 is 9.53 Å². The third-order valence-electron chi connectivity index (χ3n) is 4.10. The number of fused-ring (bicyclic) bond motifs is 1. The molecule has 0 saturated carbocycles. The Kier molecular flexibility index (Phi) is 4.79. The average molecular weight is 383 g/mol.